The predicted molar refractivity (Wildman–Crippen MR) is 122 cm³/mol. The molecule has 0 spiro atoms. The highest BCUT2D eigenvalue weighted by Crippen LogP contribution is 2.30. The highest BCUT2D eigenvalue weighted by Gasteiger charge is 2.14. The lowest BCUT2D eigenvalue weighted by Gasteiger charge is -2.10. The van der Waals surface area contributed by atoms with Gasteiger partial charge in [0.1, 0.15) is 11.4 Å². The first kappa shape index (κ1) is 20.5. The molecular weight excluding hydrogens is 412 g/mol. The lowest BCUT2D eigenvalue weighted by Crippen LogP contribution is -2.38. The van der Waals surface area contributed by atoms with Gasteiger partial charge in [-0.15, -0.1) is 11.3 Å². The molecule has 0 fully saturated rings. The van der Waals surface area contributed by atoms with E-state index >= 15 is 0 Å². The van der Waals surface area contributed by atoms with Gasteiger partial charge in [0.25, 0.3) is 5.56 Å². The molecule has 156 valence electrons. The average molecular weight is 433 g/mol. The molecule has 2 aromatic heterocycles. The maximum Gasteiger partial charge on any atom is 0.325 e. The first-order valence-corrected chi connectivity index (χ1v) is 10.4. The van der Waals surface area contributed by atoms with E-state index in [0.717, 1.165) is 21.6 Å². The van der Waals surface area contributed by atoms with Gasteiger partial charge in [-0.3, -0.25) is 19.5 Å². The van der Waals surface area contributed by atoms with Gasteiger partial charge in [0.2, 0.25) is 5.91 Å². The Morgan fingerprint density at radius 1 is 1.06 bits per heavy atom. The summed E-state index contributed by atoms with van der Waals surface area (Å²) < 4.78 is 1.20. The van der Waals surface area contributed by atoms with E-state index < -0.39 is 11.9 Å². The molecule has 0 saturated carbocycles. The van der Waals surface area contributed by atoms with E-state index in [2.05, 4.69) is 15.6 Å². The van der Waals surface area contributed by atoms with Gasteiger partial charge >= 0.3 is 6.03 Å². The Bertz CT molecular complexity index is 1340. The van der Waals surface area contributed by atoms with Gasteiger partial charge in [-0.05, 0) is 37.1 Å². The Labute approximate surface area is 182 Å². The molecule has 4 rings (SSSR count). The number of hydrogen-bond acceptors (Lipinski definition) is 5. The van der Waals surface area contributed by atoms with Crippen molar-refractivity contribution >= 4 is 39.2 Å². The molecule has 8 heteroatoms. The molecule has 0 aliphatic carbocycles. The number of fused-ring (bicyclic) bond motifs is 1. The standard InChI is InChI=1S/C23H20N4O3S/c1-14-8-9-18(15(2)10-14)25-23(30)26-20(28)12-27-13-24-21-17(22(27)29)11-19(31-21)16-6-4-3-5-7-16/h3-11,13H,12H2,1-2H3,(H2,25,26,28,30). The van der Waals surface area contributed by atoms with E-state index in [4.69, 9.17) is 0 Å². The van der Waals surface area contributed by atoms with Crippen LogP contribution in [0.3, 0.4) is 0 Å². The number of aryl methyl sites for hydroxylation is 2. The smallest absolute Gasteiger partial charge is 0.307 e. The van der Waals surface area contributed by atoms with Gasteiger partial charge in [0.05, 0.1) is 11.7 Å². The summed E-state index contributed by atoms with van der Waals surface area (Å²) >= 11 is 1.42. The minimum atomic E-state index is -0.652. The van der Waals surface area contributed by atoms with Crippen molar-refractivity contribution in [3.05, 3.63) is 82.4 Å². The van der Waals surface area contributed by atoms with Crippen molar-refractivity contribution in [3.63, 3.8) is 0 Å². The van der Waals surface area contributed by atoms with Gasteiger partial charge in [-0.1, -0.05) is 48.0 Å². The molecule has 0 aliphatic rings. The van der Waals surface area contributed by atoms with Crippen molar-refractivity contribution in [2.24, 2.45) is 0 Å². The fourth-order valence-corrected chi connectivity index (χ4v) is 4.24. The van der Waals surface area contributed by atoms with Gasteiger partial charge in [-0.2, -0.15) is 0 Å². The number of rotatable bonds is 4. The van der Waals surface area contributed by atoms with E-state index in [0.29, 0.717) is 15.9 Å². The Morgan fingerprint density at radius 3 is 2.58 bits per heavy atom. The minimum Gasteiger partial charge on any atom is -0.307 e. The van der Waals surface area contributed by atoms with E-state index in [9.17, 15) is 14.4 Å². The monoisotopic (exact) mass is 432 g/mol. The Kier molecular flexibility index (Phi) is 5.64. The van der Waals surface area contributed by atoms with Crippen LogP contribution in [0.1, 0.15) is 11.1 Å². The number of thiophene rings is 1. The summed E-state index contributed by atoms with van der Waals surface area (Å²) in [5.41, 5.74) is 3.25. The molecule has 0 aliphatic heterocycles. The fraction of sp³-hybridized carbons (Fsp3) is 0.130. The normalized spacial score (nSPS) is 10.8. The van der Waals surface area contributed by atoms with Crippen LogP contribution in [0.2, 0.25) is 0 Å². The lowest BCUT2D eigenvalue weighted by molar-refractivity contribution is -0.120. The number of anilines is 1. The summed E-state index contributed by atoms with van der Waals surface area (Å²) in [6.07, 6.45) is 1.33. The van der Waals surface area contributed by atoms with Gasteiger partial charge in [0.15, 0.2) is 0 Å². The third-order valence-corrected chi connectivity index (χ3v) is 5.87. The van der Waals surface area contributed by atoms with Crippen LogP contribution in [-0.2, 0) is 11.3 Å². The van der Waals surface area contributed by atoms with Crippen LogP contribution < -0.4 is 16.2 Å². The van der Waals surface area contributed by atoms with Gasteiger partial charge in [-0.25, -0.2) is 9.78 Å². The molecule has 0 bridgehead atoms. The third-order valence-electron chi connectivity index (χ3n) is 4.77. The number of benzene rings is 2. The Hall–Kier alpha value is -3.78. The van der Waals surface area contributed by atoms with Gasteiger partial charge in [0, 0.05) is 10.6 Å². The molecule has 4 aromatic rings. The molecule has 31 heavy (non-hydrogen) atoms. The molecule has 2 aromatic carbocycles. The number of imide groups is 1. The molecule has 0 atom stereocenters. The first-order valence-electron chi connectivity index (χ1n) is 9.63. The molecule has 2 N–H and O–H groups in total. The fourth-order valence-electron chi connectivity index (χ4n) is 3.25. The highest BCUT2D eigenvalue weighted by atomic mass is 32.1. The zero-order chi connectivity index (χ0) is 22.0. The zero-order valence-electron chi connectivity index (χ0n) is 17.0. The number of aromatic nitrogens is 2. The van der Waals surface area contributed by atoms with E-state index in [1.807, 2.05) is 56.3 Å². The van der Waals surface area contributed by atoms with Crippen LogP contribution >= 0.6 is 11.3 Å². The van der Waals surface area contributed by atoms with E-state index in [1.165, 1.54) is 22.2 Å². The summed E-state index contributed by atoms with van der Waals surface area (Å²) in [6.45, 7) is 3.52. The van der Waals surface area contributed by atoms with E-state index in [1.54, 1.807) is 12.1 Å². The highest BCUT2D eigenvalue weighted by molar-refractivity contribution is 7.21. The van der Waals surface area contributed by atoms with E-state index in [-0.39, 0.29) is 12.1 Å². The molecule has 2 heterocycles. The number of amides is 3. The molecule has 0 unspecified atom stereocenters. The SMILES string of the molecule is Cc1ccc(NC(=O)NC(=O)Cn2cnc3sc(-c4ccccc4)cc3c2=O)c(C)c1. The lowest BCUT2D eigenvalue weighted by atomic mass is 10.1. The maximum atomic E-state index is 12.8. The number of urea groups is 1. The van der Waals surface area contributed by atoms with Crippen molar-refractivity contribution in [2.75, 3.05) is 5.32 Å². The van der Waals surface area contributed by atoms with Crippen molar-refractivity contribution < 1.29 is 9.59 Å². The van der Waals surface area contributed by atoms with Crippen LogP contribution in [0, 0.1) is 13.8 Å². The number of nitrogens with zero attached hydrogens (tertiary/aromatic N) is 2. The second-order valence-electron chi connectivity index (χ2n) is 7.19. The second kappa shape index (κ2) is 8.53. The Balaban J connectivity index is 1.47. The molecule has 3 amide bonds. The minimum absolute atomic E-state index is 0.307. The molecule has 7 nitrogen and oxygen atoms in total. The Morgan fingerprint density at radius 2 is 1.84 bits per heavy atom. The van der Waals surface area contributed by atoms with Crippen LogP contribution in [0.15, 0.2) is 65.7 Å². The van der Waals surface area contributed by atoms with Crippen LogP contribution in [0.5, 0.6) is 0 Å². The van der Waals surface area contributed by atoms with Crippen LogP contribution in [0.4, 0.5) is 10.5 Å². The summed E-state index contributed by atoms with van der Waals surface area (Å²) in [5.74, 6) is -0.607. The molecular formula is C23H20N4O3S. The summed E-state index contributed by atoms with van der Waals surface area (Å²) in [6, 6.07) is 16.4. The van der Waals surface area contributed by atoms with Crippen LogP contribution in [0.25, 0.3) is 20.7 Å². The van der Waals surface area contributed by atoms with Crippen molar-refractivity contribution in [1.82, 2.24) is 14.9 Å². The summed E-state index contributed by atoms with van der Waals surface area (Å²) in [7, 11) is 0. The zero-order valence-corrected chi connectivity index (χ0v) is 17.8. The molecule has 0 radical (unpaired) electrons. The number of carbonyl (C=O) groups excluding carboxylic acids is 2. The van der Waals surface area contributed by atoms with Crippen molar-refractivity contribution in [2.45, 2.75) is 20.4 Å². The predicted octanol–water partition coefficient (Wildman–Crippen LogP) is 4.09. The number of hydrogen-bond donors (Lipinski definition) is 2. The number of carbonyl (C=O) groups is 2. The third kappa shape index (κ3) is 4.54. The van der Waals surface area contributed by atoms with Crippen molar-refractivity contribution in [1.29, 1.82) is 0 Å². The summed E-state index contributed by atoms with van der Waals surface area (Å²) in [5, 5.41) is 5.34. The number of nitrogens with one attached hydrogen (secondary N) is 2. The largest absolute Gasteiger partial charge is 0.325 e. The molecule has 0 saturated heterocycles. The van der Waals surface area contributed by atoms with Crippen LogP contribution in [-0.4, -0.2) is 21.5 Å². The maximum absolute atomic E-state index is 12.8. The average Bonchev–Trinajstić information content (AvgIpc) is 3.18. The second-order valence-corrected chi connectivity index (χ2v) is 8.22. The van der Waals surface area contributed by atoms with Gasteiger partial charge < -0.3 is 5.32 Å². The topological polar surface area (TPSA) is 93.1 Å². The quantitative estimate of drug-likeness (QED) is 0.508. The van der Waals surface area contributed by atoms with Crippen molar-refractivity contribution in [3.8, 4) is 10.4 Å². The first-order chi connectivity index (χ1) is 14.9. The summed E-state index contributed by atoms with van der Waals surface area (Å²) in [4.78, 5) is 43.1.